The molecule has 3 aliphatic rings. The van der Waals surface area contributed by atoms with Crippen molar-refractivity contribution in [2.45, 2.75) is 45.4 Å². The first kappa shape index (κ1) is 15.5. The highest BCUT2D eigenvalue weighted by Crippen LogP contribution is 2.38. The van der Waals surface area contributed by atoms with Crippen LogP contribution in [0.3, 0.4) is 0 Å². The second-order valence-electron chi connectivity index (χ2n) is 7.02. The van der Waals surface area contributed by atoms with Crippen molar-refractivity contribution < 1.29 is 14.3 Å². The molecule has 1 aromatic carbocycles. The van der Waals surface area contributed by atoms with Gasteiger partial charge in [0.1, 0.15) is 0 Å². The summed E-state index contributed by atoms with van der Waals surface area (Å²) in [4.78, 5) is 26.0. The van der Waals surface area contributed by atoms with Crippen molar-refractivity contribution in [1.29, 1.82) is 0 Å². The molecule has 0 radical (unpaired) electrons. The van der Waals surface area contributed by atoms with Crippen LogP contribution < -0.4 is 5.32 Å². The molecular weight excluding hydrogens is 304 g/mol. The lowest BCUT2D eigenvalue weighted by Gasteiger charge is -2.37. The summed E-state index contributed by atoms with van der Waals surface area (Å²) in [5, 5.41) is 3.17. The van der Waals surface area contributed by atoms with E-state index < -0.39 is 0 Å². The van der Waals surface area contributed by atoms with E-state index in [-0.39, 0.29) is 17.9 Å². The lowest BCUT2D eigenvalue weighted by molar-refractivity contribution is -0.152. The number of rotatable bonds is 3. The Morgan fingerprint density at radius 3 is 2.33 bits per heavy atom. The van der Waals surface area contributed by atoms with E-state index in [1.54, 1.807) is 11.8 Å². The van der Waals surface area contributed by atoms with E-state index in [2.05, 4.69) is 11.4 Å². The number of benzene rings is 1. The van der Waals surface area contributed by atoms with Crippen LogP contribution in [0.15, 0.2) is 6.07 Å². The van der Waals surface area contributed by atoms with E-state index in [1.165, 1.54) is 35.1 Å². The molecule has 1 N–H and O–H groups in total. The number of hydrogen-bond acceptors (Lipinski definition) is 3. The standard InChI is InChI=1S/C19H24N2O3/c1-2-24-18(22)14-10-21(11-14)19(23)20-17-15-7-3-5-12(15)9-13-6-4-8-16(13)17/h9,14H,2-8,10-11H2,1H3,(H,20,23). The maximum absolute atomic E-state index is 12.6. The molecule has 128 valence electrons. The number of amides is 2. The number of nitrogens with zero attached hydrogens (tertiary/aromatic N) is 1. The number of carbonyl (C=O) groups is 2. The molecule has 2 aliphatic carbocycles. The number of nitrogens with one attached hydrogen (secondary N) is 1. The Morgan fingerprint density at radius 1 is 1.12 bits per heavy atom. The number of fused-ring (bicyclic) bond motifs is 2. The molecule has 0 saturated carbocycles. The molecule has 5 nitrogen and oxygen atoms in total. The number of anilines is 1. The molecule has 0 aromatic heterocycles. The van der Waals surface area contributed by atoms with Gasteiger partial charge in [-0.2, -0.15) is 0 Å². The fourth-order valence-electron chi connectivity index (χ4n) is 4.21. The van der Waals surface area contributed by atoms with E-state index in [0.29, 0.717) is 19.7 Å². The highest BCUT2D eigenvalue weighted by molar-refractivity contribution is 5.93. The lowest BCUT2D eigenvalue weighted by Crippen LogP contribution is -2.54. The largest absolute Gasteiger partial charge is 0.466 e. The third-order valence-electron chi connectivity index (χ3n) is 5.49. The number of likely N-dealkylation sites (tertiary alicyclic amines) is 1. The van der Waals surface area contributed by atoms with Crippen LogP contribution in [0, 0.1) is 5.92 Å². The van der Waals surface area contributed by atoms with Gasteiger partial charge in [0, 0.05) is 18.8 Å². The van der Waals surface area contributed by atoms with Crippen molar-refractivity contribution >= 4 is 17.7 Å². The Bertz CT molecular complexity index is 660. The van der Waals surface area contributed by atoms with Gasteiger partial charge < -0.3 is 15.0 Å². The van der Waals surface area contributed by atoms with E-state index in [0.717, 1.165) is 31.4 Å². The van der Waals surface area contributed by atoms with Gasteiger partial charge in [-0.05, 0) is 67.7 Å². The molecular formula is C19H24N2O3. The summed E-state index contributed by atoms with van der Waals surface area (Å²) in [5.41, 5.74) is 6.58. The van der Waals surface area contributed by atoms with Gasteiger partial charge in [0.05, 0.1) is 12.5 Å². The minimum Gasteiger partial charge on any atom is -0.466 e. The molecule has 5 heteroatoms. The predicted octanol–water partition coefficient (Wildman–Crippen LogP) is 2.69. The van der Waals surface area contributed by atoms with Gasteiger partial charge in [0.15, 0.2) is 0 Å². The SMILES string of the molecule is CCOC(=O)C1CN(C(=O)Nc2c3c(cc4c2CCC4)CCC3)C1. The predicted molar refractivity (Wildman–Crippen MR) is 91.2 cm³/mol. The Kier molecular flexibility index (Phi) is 3.94. The zero-order valence-corrected chi connectivity index (χ0v) is 14.2. The molecule has 1 aliphatic heterocycles. The molecule has 2 amide bonds. The van der Waals surface area contributed by atoms with Crippen LogP contribution in [0.25, 0.3) is 0 Å². The first-order chi connectivity index (χ1) is 11.7. The average molecular weight is 328 g/mol. The lowest BCUT2D eigenvalue weighted by atomic mass is 9.98. The van der Waals surface area contributed by atoms with Crippen molar-refractivity contribution in [1.82, 2.24) is 4.90 Å². The Balaban J connectivity index is 1.47. The fourth-order valence-corrected chi connectivity index (χ4v) is 4.21. The molecule has 0 bridgehead atoms. The van der Waals surface area contributed by atoms with Crippen LogP contribution in [0.1, 0.15) is 42.0 Å². The van der Waals surface area contributed by atoms with E-state index in [1.807, 2.05) is 0 Å². The summed E-state index contributed by atoms with van der Waals surface area (Å²) in [5.74, 6) is -0.356. The van der Waals surface area contributed by atoms with Crippen LogP contribution in [0.5, 0.6) is 0 Å². The Hall–Kier alpha value is -2.04. The second-order valence-corrected chi connectivity index (χ2v) is 7.02. The monoisotopic (exact) mass is 328 g/mol. The molecule has 1 heterocycles. The van der Waals surface area contributed by atoms with E-state index in [4.69, 9.17) is 4.74 Å². The minimum absolute atomic E-state index is 0.0788. The third kappa shape index (κ3) is 2.56. The number of ether oxygens (including phenoxy) is 1. The summed E-state index contributed by atoms with van der Waals surface area (Å²) >= 11 is 0. The number of aryl methyl sites for hydroxylation is 2. The smallest absolute Gasteiger partial charge is 0.321 e. The first-order valence-electron chi connectivity index (χ1n) is 9.06. The van der Waals surface area contributed by atoms with Gasteiger partial charge in [-0.25, -0.2) is 4.79 Å². The molecule has 1 aromatic rings. The van der Waals surface area contributed by atoms with Crippen LogP contribution in [0.4, 0.5) is 10.5 Å². The molecule has 4 rings (SSSR count). The Labute approximate surface area is 142 Å². The zero-order chi connectivity index (χ0) is 16.7. The van der Waals surface area contributed by atoms with Crippen molar-refractivity contribution in [2.24, 2.45) is 5.92 Å². The van der Waals surface area contributed by atoms with Gasteiger partial charge in [-0.15, -0.1) is 0 Å². The summed E-state index contributed by atoms with van der Waals surface area (Å²) in [6.07, 6.45) is 6.72. The highest BCUT2D eigenvalue weighted by Gasteiger charge is 2.37. The number of carbonyl (C=O) groups excluding carboxylic acids is 2. The van der Waals surface area contributed by atoms with Crippen molar-refractivity contribution in [2.75, 3.05) is 25.0 Å². The van der Waals surface area contributed by atoms with Gasteiger partial charge in [-0.1, -0.05) is 6.07 Å². The van der Waals surface area contributed by atoms with Crippen molar-refractivity contribution in [3.63, 3.8) is 0 Å². The summed E-state index contributed by atoms with van der Waals surface area (Å²) in [6, 6.07) is 2.28. The topological polar surface area (TPSA) is 58.6 Å². The fraction of sp³-hybridized carbons (Fsp3) is 0.579. The first-order valence-corrected chi connectivity index (χ1v) is 9.06. The Morgan fingerprint density at radius 2 is 1.75 bits per heavy atom. The van der Waals surface area contributed by atoms with Gasteiger partial charge >= 0.3 is 12.0 Å². The molecule has 1 saturated heterocycles. The van der Waals surface area contributed by atoms with Crippen LogP contribution in [-0.4, -0.2) is 36.6 Å². The van der Waals surface area contributed by atoms with Gasteiger partial charge in [0.25, 0.3) is 0 Å². The summed E-state index contributed by atoms with van der Waals surface area (Å²) in [6.45, 7) is 3.12. The van der Waals surface area contributed by atoms with Gasteiger partial charge in [0.2, 0.25) is 0 Å². The third-order valence-corrected chi connectivity index (χ3v) is 5.49. The molecule has 0 atom stereocenters. The van der Waals surface area contributed by atoms with Crippen molar-refractivity contribution in [3.05, 3.63) is 28.3 Å². The number of hydrogen-bond donors (Lipinski definition) is 1. The number of urea groups is 1. The molecule has 24 heavy (non-hydrogen) atoms. The average Bonchev–Trinajstić information content (AvgIpc) is 3.14. The second kappa shape index (κ2) is 6.11. The molecule has 1 fully saturated rings. The van der Waals surface area contributed by atoms with Crippen LogP contribution in [-0.2, 0) is 35.2 Å². The highest BCUT2D eigenvalue weighted by atomic mass is 16.5. The minimum atomic E-state index is -0.192. The number of esters is 1. The van der Waals surface area contributed by atoms with Crippen molar-refractivity contribution in [3.8, 4) is 0 Å². The maximum Gasteiger partial charge on any atom is 0.321 e. The normalized spacial score (nSPS) is 18.8. The maximum atomic E-state index is 12.6. The zero-order valence-electron chi connectivity index (χ0n) is 14.2. The molecule has 0 unspecified atom stereocenters. The quantitative estimate of drug-likeness (QED) is 0.868. The van der Waals surface area contributed by atoms with Crippen LogP contribution >= 0.6 is 0 Å². The molecule has 0 spiro atoms. The summed E-state index contributed by atoms with van der Waals surface area (Å²) in [7, 11) is 0. The van der Waals surface area contributed by atoms with E-state index >= 15 is 0 Å². The summed E-state index contributed by atoms with van der Waals surface area (Å²) < 4.78 is 5.02. The van der Waals surface area contributed by atoms with Gasteiger partial charge in [-0.3, -0.25) is 4.79 Å². The van der Waals surface area contributed by atoms with E-state index in [9.17, 15) is 9.59 Å². The van der Waals surface area contributed by atoms with Crippen LogP contribution in [0.2, 0.25) is 0 Å².